The molecule has 3 saturated heterocycles. The molecule has 4 aromatic carbocycles. The van der Waals surface area contributed by atoms with Gasteiger partial charge in [-0.2, -0.15) is 13.2 Å². The number of fused-ring (bicyclic) bond motifs is 1. The van der Waals surface area contributed by atoms with E-state index < -0.39 is 47.1 Å². The number of benzene rings is 4. The van der Waals surface area contributed by atoms with E-state index in [1.807, 2.05) is 47.2 Å². The molecule has 3 aliphatic heterocycles. The van der Waals surface area contributed by atoms with Crippen LogP contribution in [0.4, 0.5) is 24.5 Å². The van der Waals surface area contributed by atoms with Crippen molar-refractivity contribution in [2.45, 2.75) is 106 Å². The topological polar surface area (TPSA) is 122 Å². The van der Waals surface area contributed by atoms with Gasteiger partial charge in [0.05, 0.1) is 10.6 Å². The number of carbonyl (C=O) groups is 1. The highest BCUT2D eigenvalue weighted by molar-refractivity contribution is 7.99. The molecule has 73 heavy (non-hydrogen) atoms. The van der Waals surface area contributed by atoms with Gasteiger partial charge in [0, 0.05) is 115 Å². The summed E-state index contributed by atoms with van der Waals surface area (Å²) >= 11 is 7.69. The second-order valence-electron chi connectivity index (χ2n) is 22.9. The normalized spacial score (nSPS) is 22.9. The number of amides is 1. The Morgan fingerprint density at radius 3 is 2.03 bits per heavy atom. The minimum atomic E-state index is -6.08. The fourth-order valence-electron chi connectivity index (χ4n) is 11.1. The maximum absolute atomic E-state index is 14.4. The number of nitrogens with one attached hydrogen (secondary N) is 2. The first kappa shape index (κ1) is 55.1. The summed E-state index contributed by atoms with van der Waals surface area (Å²) < 4.78 is 99.4. The molecule has 396 valence electrons. The van der Waals surface area contributed by atoms with E-state index in [-0.39, 0.29) is 33.0 Å². The summed E-state index contributed by atoms with van der Waals surface area (Å²) in [5, 5.41) is 3.81. The van der Waals surface area contributed by atoms with Crippen molar-refractivity contribution in [1.29, 1.82) is 0 Å². The smallest absolute Gasteiger partial charge is 0.380 e. The molecule has 11 nitrogen and oxygen atoms in total. The molecule has 3 atom stereocenters. The number of thioether (sulfide) groups is 1. The number of carbonyl (C=O) groups excluding carboxylic acids is 1. The number of sulfone groups is 1. The predicted octanol–water partition coefficient (Wildman–Crippen LogP) is 10.9. The van der Waals surface area contributed by atoms with Crippen molar-refractivity contribution in [3.05, 3.63) is 119 Å². The number of sulfonamides is 1. The number of halogens is 4. The SMILES string of the molecule is CC1(C)CCC(c2ccc(Cl)cc2)=C(CN2CCN(c3ccc(C(=O)NS(=O)(=O)c4ccc(N[C@H](CCN5CC6(C)CN(C(C)(C)C)CC6(C)C5)CSc5ccccc5)c(S(=O)(=O)C(F)(F)F)c4)cc3)CC2)C1. The van der Waals surface area contributed by atoms with Crippen molar-refractivity contribution in [2.75, 3.05) is 81.4 Å². The van der Waals surface area contributed by atoms with Crippen LogP contribution in [0.25, 0.3) is 5.57 Å². The van der Waals surface area contributed by atoms with Crippen LogP contribution < -0.4 is 14.9 Å². The fraction of sp³-hybridized carbons (Fsp3) is 0.509. The van der Waals surface area contributed by atoms with Gasteiger partial charge in [-0.1, -0.05) is 75.2 Å². The van der Waals surface area contributed by atoms with Gasteiger partial charge in [-0.25, -0.2) is 21.6 Å². The van der Waals surface area contributed by atoms with Gasteiger partial charge < -0.3 is 15.1 Å². The molecule has 4 aromatic rings. The molecule has 0 bridgehead atoms. The van der Waals surface area contributed by atoms with Crippen LogP contribution in [0.1, 0.15) is 90.1 Å². The lowest BCUT2D eigenvalue weighted by Gasteiger charge is -2.39. The minimum Gasteiger partial charge on any atom is -0.380 e. The van der Waals surface area contributed by atoms with E-state index in [0.29, 0.717) is 29.8 Å². The molecule has 0 aromatic heterocycles. The lowest BCUT2D eigenvalue weighted by Crippen LogP contribution is -2.47. The summed E-state index contributed by atoms with van der Waals surface area (Å²) in [6.45, 7) is 24.1. The summed E-state index contributed by atoms with van der Waals surface area (Å²) in [6.07, 6.45) is 3.62. The first-order valence-corrected chi connectivity index (χ1v) is 29.5. The van der Waals surface area contributed by atoms with Crippen molar-refractivity contribution in [3.8, 4) is 0 Å². The molecule has 18 heteroatoms. The van der Waals surface area contributed by atoms with Crippen LogP contribution in [0, 0.1) is 16.2 Å². The van der Waals surface area contributed by atoms with E-state index >= 15 is 0 Å². The van der Waals surface area contributed by atoms with Crippen molar-refractivity contribution < 1.29 is 34.8 Å². The summed E-state index contributed by atoms with van der Waals surface area (Å²) in [4.78, 5) is 22.0. The van der Waals surface area contributed by atoms with Crippen molar-refractivity contribution >= 4 is 66.1 Å². The number of nitrogens with zero attached hydrogens (tertiary/aromatic N) is 4. The fourth-order valence-corrected chi connectivity index (χ4v) is 14.2. The van der Waals surface area contributed by atoms with Crippen LogP contribution >= 0.6 is 23.4 Å². The average Bonchev–Trinajstić information content (AvgIpc) is 3.73. The van der Waals surface area contributed by atoms with Gasteiger partial charge in [-0.05, 0) is 130 Å². The molecule has 3 fully saturated rings. The quantitative estimate of drug-likeness (QED) is 0.104. The number of likely N-dealkylation sites (tertiary alicyclic amines) is 2. The molecule has 8 rings (SSSR count). The Morgan fingerprint density at radius 2 is 1.42 bits per heavy atom. The molecule has 4 aliphatic rings. The maximum Gasteiger partial charge on any atom is 0.501 e. The molecule has 2 N–H and O–H groups in total. The van der Waals surface area contributed by atoms with E-state index in [9.17, 15) is 34.8 Å². The van der Waals surface area contributed by atoms with Crippen molar-refractivity contribution in [1.82, 2.24) is 19.4 Å². The second-order valence-corrected chi connectivity index (χ2v) is 28.0. The first-order valence-electron chi connectivity index (χ1n) is 25.1. The van der Waals surface area contributed by atoms with Gasteiger partial charge in [0.15, 0.2) is 0 Å². The molecule has 0 radical (unpaired) electrons. The van der Waals surface area contributed by atoms with Crippen molar-refractivity contribution in [3.63, 3.8) is 0 Å². The van der Waals surface area contributed by atoms with Gasteiger partial charge in [0.1, 0.15) is 4.90 Å². The third-order valence-corrected chi connectivity index (χ3v) is 20.0. The lowest BCUT2D eigenvalue weighted by molar-refractivity contribution is -0.0435. The number of hydrogen-bond acceptors (Lipinski definition) is 11. The highest BCUT2D eigenvalue weighted by atomic mass is 35.5. The largest absolute Gasteiger partial charge is 0.501 e. The summed E-state index contributed by atoms with van der Waals surface area (Å²) in [5.74, 6) is -0.637. The standard InChI is InChI=1S/C55H70ClF3N6O5S3/c1-51(2,3)65-37-53(6)35-63(36-54(53,7)38-65)26-24-43(34-71-45-11-9-8-10-12-45)60-48-22-21-46(31-49(48)72(67,68)55(57,58)59)73(69,70)61-50(66)40-15-19-44(20-16-40)64-29-27-62(28-30-64)33-41-32-52(4,5)25-23-47(41)39-13-17-42(56)18-14-39/h8-22,31,43,60H,23-30,32-38H2,1-7H3,(H,61,66)/t43-,53?,54?/m1/s1. The average molecular weight is 1080 g/mol. The zero-order valence-corrected chi connectivity index (χ0v) is 46.2. The van der Waals surface area contributed by atoms with Crippen LogP contribution in [0.3, 0.4) is 0 Å². The molecule has 0 saturated carbocycles. The van der Waals surface area contributed by atoms with Crippen LogP contribution in [-0.4, -0.2) is 126 Å². The summed E-state index contributed by atoms with van der Waals surface area (Å²) in [5.41, 5.74) is -0.902. The zero-order chi connectivity index (χ0) is 52.8. The van der Waals surface area contributed by atoms with E-state index in [1.54, 1.807) is 12.1 Å². The van der Waals surface area contributed by atoms with Crippen LogP contribution in [0.2, 0.25) is 5.02 Å². The third-order valence-electron chi connectivity index (χ3n) is 15.7. The number of allylic oxidation sites excluding steroid dienone is 1. The van der Waals surface area contributed by atoms with Gasteiger partial charge in [-0.3, -0.25) is 14.6 Å². The van der Waals surface area contributed by atoms with Crippen LogP contribution in [-0.2, 0) is 19.9 Å². The second kappa shape index (κ2) is 21.1. The molecule has 3 heterocycles. The van der Waals surface area contributed by atoms with Crippen LogP contribution in [0.15, 0.2) is 117 Å². The van der Waals surface area contributed by atoms with E-state index in [4.69, 9.17) is 11.6 Å². The number of rotatable bonds is 16. The van der Waals surface area contributed by atoms with Gasteiger partial charge in [-0.15, -0.1) is 11.8 Å². The Bertz CT molecular complexity index is 2870. The van der Waals surface area contributed by atoms with Crippen molar-refractivity contribution in [2.24, 2.45) is 16.2 Å². The molecular weight excluding hydrogens is 1010 g/mol. The Hall–Kier alpha value is -4.10. The van der Waals surface area contributed by atoms with E-state index in [2.05, 4.69) is 85.5 Å². The molecule has 0 spiro atoms. The molecule has 2 unspecified atom stereocenters. The van der Waals surface area contributed by atoms with Gasteiger partial charge in [0.25, 0.3) is 25.8 Å². The Morgan fingerprint density at radius 1 is 0.795 bits per heavy atom. The van der Waals surface area contributed by atoms with E-state index in [1.165, 1.54) is 40.6 Å². The highest BCUT2D eigenvalue weighted by Crippen LogP contribution is 2.53. The number of hydrogen-bond donors (Lipinski definition) is 2. The Kier molecular flexibility index (Phi) is 16.0. The Balaban J connectivity index is 0.939. The van der Waals surface area contributed by atoms with Crippen LogP contribution in [0.5, 0.6) is 0 Å². The lowest BCUT2D eigenvalue weighted by atomic mass is 9.71. The molecule has 1 amide bonds. The first-order chi connectivity index (χ1) is 34.1. The summed E-state index contributed by atoms with van der Waals surface area (Å²) in [6, 6.07) is 26.1. The number of alkyl halides is 3. The van der Waals surface area contributed by atoms with E-state index in [0.717, 1.165) is 101 Å². The minimum absolute atomic E-state index is 0.00358. The number of anilines is 2. The maximum atomic E-state index is 14.4. The number of piperazine rings is 1. The molecular formula is C55H70ClF3N6O5S3. The highest BCUT2D eigenvalue weighted by Gasteiger charge is 2.58. The Labute approximate surface area is 440 Å². The predicted molar refractivity (Wildman–Crippen MR) is 289 cm³/mol. The molecule has 1 aliphatic carbocycles. The van der Waals surface area contributed by atoms with Gasteiger partial charge in [0.2, 0.25) is 0 Å². The third kappa shape index (κ3) is 12.6. The summed E-state index contributed by atoms with van der Waals surface area (Å²) in [7, 11) is -10.9. The monoisotopic (exact) mass is 1080 g/mol. The van der Waals surface area contributed by atoms with Gasteiger partial charge >= 0.3 is 5.51 Å². The zero-order valence-electron chi connectivity index (χ0n) is 43.0.